The van der Waals surface area contributed by atoms with Crippen molar-refractivity contribution in [3.8, 4) is 5.75 Å². The molecule has 1 atom stereocenters. The monoisotopic (exact) mass is 349 g/mol. The van der Waals surface area contributed by atoms with Crippen LogP contribution in [0.4, 0.5) is 9.18 Å². The average Bonchev–Trinajstić information content (AvgIpc) is 3.20. The summed E-state index contributed by atoms with van der Waals surface area (Å²) in [5.74, 6) is 1.58. The summed E-state index contributed by atoms with van der Waals surface area (Å²) in [5.41, 5.74) is 0. The van der Waals surface area contributed by atoms with E-state index < -0.39 is 18.0 Å². The molecule has 3 N–H and O–H groups in total. The largest absolute Gasteiger partial charge is 0.491 e. The van der Waals surface area contributed by atoms with Gasteiger partial charge in [-0.15, -0.1) is 10.2 Å². The van der Waals surface area contributed by atoms with Crippen LogP contribution in [0, 0.1) is 5.82 Å². The quantitative estimate of drug-likeness (QED) is 0.680. The second-order valence-electron chi connectivity index (χ2n) is 5.77. The van der Waals surface area contributed by atoms with Crippen LogP contribution in [-0.2, 0) is 19.5 Å². The Hall–Kier alpha value is -2.68. The number of carbonyl (C=O) groups is 1. The fourth-order valence-electron chi connectivity index (χ4n) is 2.58. The Morgan fingerprint density at radius 3 is 3.12 bits per heavy atom. The number of aliphatic hydroxyl groups excluding tert-OH is 1. The highest BCUT2D eigenvalue weighted by Crippen LogP contribution is 2.13. The maximum absolute atomic E-state index is 13.0. The summed E-state index contributed by atoms with van der Waals surface area (Å²) < 4.78 is 20.3. The zero-order valence-electron chi connectivity index (χ0n) is 13.6. The normalized spacial score (nSPS) is 14.0. The van der Waals surface area contributed by atoms with Crippen molar-refractivity contribution in [3.63, 3.8) is 0 Å². The lowest BCUT2D eigenvalue weighted by Gasteiger charge is -2.14. The van der Waals surface area contributed by atoms with Crippen LogP contribution in [0.15, 0.2) is 24.3 Å². The molecule has 0 saturated heterocycles. The van der Waals surface area contributed by atoms with Gasteiger partial charge in [0, 0.05) is 25.6 Å². The van der Waals surface area contributed by atoms with E-state index in [0.29, 0.717) is 5.75 Å². The number of nitrogens with zero attached hydrogens (tertiary/aromatic N) is 3. The highest BCUT2D eigenvalue weighted by Gasteiger charge is 2.17. The Bertz CT molecular complexity index is 736. The first-order valence-electron chi connectivity index (χ1n) is 8.11. The zero-order chi connectivity index (χ0) is 17.6. The van der Waals surface area contributed by atoms with Crippen LogP contribution in [0.2, 0.25) is 0 Å². The molecule has 2 amide bonds. The van der Waals surface area contributed by atoms with Crippen LogP contribution >= 0.6 is 0 Å². The molecule has 2 heterocycles. The van der Waals surface area contributed by atoms with Crippen molar-refractivity contribution in [1.29, 1.82) is 0 Å². The van der Waals surface area contributed by atoms with Crippen molar-refractivity contribution in [2.75, 3.05) is 13.2 Å². The Morgan fingerprint density at radius 2 is 2.28 bits per heavy atom. The second kappa shape index (κ2) is 7.93. The minimum Gasteiger partial charge on any atom is -0.491 e. The molecule has 1 aromatic carbocycles. The maximum Gasteiger partial charge on any atom is 0.315 e. The van der Waals surface area contributed by atoms with Crippen molar-refractivity contribution in [3.05, 3.63) is 41.7 Å². The minimum atomic E-state index is -0.911. The van der Waals surface area contributed by atoms with E-state index in [1.807, 2.05) is 4.57 Å². The summed E-state index contributed by atoms with van der Waals surface area (Å²) in [6, 6.07) is 5.22. The molecule has 0 aliphatic carbocycles. The Labute approximate surface area is 144 Å². The molecule has 0 radical (unpaired) electrons. The number of fused-ring (bicyclic) bond motifs is 1. The summed E-state index contributed by atoms with van der Waals surface area (Å²) in [5, 5.41) is 23.2. The molecule has 9 heteroatoms. The summed E-state index contributed by atoms with van der Waals surface area (Å²) >= 11 is 0. The van der Waals surface area contributed by atoms with Gasteiger partial charge in [0.25, 0.3) is 0 Å². The van der Waals surface area contributed by atoms with Crippen molar-refractivity contribution in [2.24, 2.45) is 0 Å². The van der Waals surface area contributed by atoms with Gasteiger partial charge in [-0.25, -0.2) is 9.18 Å². The van der Waals surface area contributed by atoms with E-state index >= 15 is 0 Å². The first-order valence-corrected chi connectivity index (χ1v) is 8.11. The zero-order valence-corrected chi connectivity index (χ0v) is 13.6. The molecule has 0 saturated carbocycles. The van der Waals surface area contributed by atoms with Gasteiger partial charge >= 0.3 is 6.03 Å². The number of ether oxygens (including phenoxy) is 1. The number of amides is 2. The average molecular weight is 349 g/mol. The lowest BCUT2D eigenvalue weighted by atomic mass is 10.3. The molecule has 0 bridgehead atoms. The number of aliphatic hydroxyl groups is 1. The van der Waals surface area contributed by atoms with Gasteiger partial charge in [0.2, 0.25) is 0 Å². The van der Waals surface area contributed by atoms with Gasteiger partial charge in [-0.05, 0) is 18.6 Å². The Morgan fingerprint density at radius 1 is 1.40 bits per heavy atom. The number of hydrogen-bond acceptors (Lipinski definition) is 5. The molecule has 1 aliphatic rings. The summed E-state index contributed by atoms with van der Waals surface area (Å²) in [4.78, 5) is 11.8. The van der Waals surface area contributed by atoms with Gasteiger partial charge in [0.1, 0.15) is 30.1 Å². The maximum atomic E-state index is 13.0. The third-order valence-corrected chi connectivity index (χ3v) is 3.83. The van der Waals surface area contributed by atoms with Crippen LogP contribution in [-0.4, -0.2) is 45.2 Å². The van der Waals surface area contributed by atoms with Crippen LogP contribution < -0.4 is 15.4 Å². The number of carbonyl (C=O) groups excluding carboxylic acids is 1. The topological polar surface area (TPSA) is 101 Å². The first kappa shape index (κ1) is 17.2. The van der Waals surface area contributed by atoms with Crippen LogP contribution in [0.3, 0.4) is 0 Å². The molecule has 134 valence electrons. The predicted octanol–water partition coefficient (Wildman–Crippen LogP) is 0.603. The fourth-order valence-corrected chi connectivity index (χ4v) is 2.58. The van der Waals surface area contributed by atoms with Crippen LogP contribution in [0.25, 0.3) is 0 Å². The van der Waals surface area contributed by atoms with E-state index in [0.717, 1.165) is 31.0 Å². The third-order valence-electron chi connectivity index (χ3n) is 3.83. The van der Waals surface area contributed by atoms with Gasteiger partial charge < -0.3 is 25.0 Å². The van der Waals surface area contributed by atoms with E-state index in [9.17, 15) is 14.3 Å². The van der Waals surface area contributed by atoms with E-state index in [4.69, 9.17) is 4.74 Å². The molecule has 0 fully saturated rings. The number of benzene rings is 1. The lowest BCUT2D eigenvalue weighted by molar-refractivity contribution is 0.107. The summed E-state index contributed by atoms with van der Waals surface area (Å²) in [6.07, 6.45) is 1.05. The van der Waals surface area contributed by atoms with Gasteiger partial charge in [0.15, 0.2) is 5.82 Å². The molecule has 8 nitrogen and oxygen atoms in total. The number of hydrogen-bond donors (Lipinski definition) is 3. The van der Waals surface area contributed by atoms with Crippen LogP contribution in [0.5, 0.6) is 5.75 Å². The van der Waals surface area contributed by atoms with Gasteiger partial charge in [-0.2, -0.15) is 0 Å². The number of halogens is 1. The number of aryl methyl sites for hydroxylation is 1. The number of aromatic nitrogens is 3. The third kappa shape index (κ3) is 4.66. The molecule has 25 heavy (non-hydrogen) atoms. The molecule has 0 unspecified atom stereocenters. The molecular formula is C16H20FN5O3. The minimum absolute atomic E-state index is 0.0130. The molecule has 0 spiro atoms. The Kier molecular flexibility index (Phi) is 5.44. The highest BCUT2D eigenvalue weighted by molar-refractivity contribution is 5.73. The number of nitrogens with one attached hydrogen (secondary N) is 2. The molecular weight excluding hydrogens is 329 g/mol. The van der Waals surface area contributed by atoms with Gasteiger partial charge in [0.05, 0.1) is 6.54 Å². The van der Waals surface area contributed by atoms with Gasteiger partial charge in [-0.1, -0.05) is 6.07 Å². The fraction of sp³-hybridized carbons (Fsp3) is 0.438. The SMILES string of the molecule is O=C(NCc1nnc2n1CCC2)NC[C@H](O)COc1cccc(F)c1. The highest BCUT2D eigenvalue weighted by atomic mass is 19.1. The number of rotatable bonds is 7. The molecule has 1 aliphatic heterocycles. The van der Waals surface area contributed by atoms with Crippen molar-refractivity contribution < 1.29 is 19.0 Å². The molecule has 1 aromatic heterocycles. The van der Waals surface area contributed by atoms with E-state index in [2.05, 4.69) is 20.8 Å². The van der Waals surface area contributed by atoms with E-state index in [1.54, 1.807) is 6.07 Å². The van der Waals surface area contributed by atoms with Crippen molar-refractivity contribution >= 4 is 6.03 Å². The standard InChI is InChI=1S/C16H20FN5O3/c17-11-3-1-4-13(7-11)25-10-12(23)8-18-16(24)19-9-15-21-20-14-5-2-6-22(14)15/h1,3-4,7,12,23H,2,5-6,8-10H2,(H2,18,19,24)/t12-/m0/s1. The lowest BCUT2D eigenvalue weighted by Crippen LogP contribution is -2.41. The van der Waals surface area contributed by atoms with Crippen LogP contribution in [0.1, 0.15) is 18.1 Å². The number of urea groups is 1. The van der Waals surface area contributed by atoms with Gasteiger partial charge in [-0.3, -0.25) is 0 Å². The van der Waals surface area contributed by atoms with E-state index in [1.165, 1.54) is 18.2 Å². The second-order valence-corrected chi connectivity index (χ2v) is 5.77. The summed E-state index contributed by atoms with van der Waals surface area (Å²) in [7, 11) is 0. The predicted molar refractivity (Wildman–Crippen MR) is 86.5 cm³/mol. The van der Waals surface area contributed by atoms with Crippen molar-refractivity contribution in [2.45, 2.75) is 32.0 Å². The molecule has 2 aromatic rings. The summed E-state index contributed by atoms with van der Waals surface area (Å²) in [6.45, 7) is 1.10. The van der Waals surface area contributed by atoms with Crippen molar-refractivity contribution in [1.82, 2.24) is 25.4 Å². The Balaban J connectivity index is 1.35. The smallest absolute Gasteiger partial charge is 0.315 e. The first-order chi connectivity index (χ1) is 12.1. The molecule has 3 rings (SSSR count). The van der Waals surface area contributed by atoms with E-state index in [-0.39, 0.29) is 19.7 Å².